The predicted molar refractivity (Wildman–Crippen MR) is 85.7 cm³/mol. The van der Waals surface area contributed by atoms with E-state index in [0.29, 0.717) is 13.3 Å². The summed E-state index contributed by atoms with van der Waals surface area (Å²) in [7, 11) is 0. The summed E-state index contributed by atoms with van der Waals surface area (Å²) in [6, 6.07) is 4.41. The molecule has 0 amide bonds. The Balaban J connectivity index is 1.79. The van der Waals surface area contributed by atoms with Crippen LogP contribution in [0.1, 0.15) is 18.5 Å². The summed E-state index contributed by atoms with van der Waals surface area (Å²) in [5.74, 6) is 1.61. The molecule has 2 heterocycles. The first-order valence-electron chi connectivity index (χ1n) is 7.48. The van der Waals surface area contributed by atoms with Crippen LogP contribution < -0.4 is 15.2 Å². The first-order chi connectivity index (χ1) is 10.2. The van der Waals surface area contributed by atoms with Crippen LogP contribution in [0.25, 0.3) is 0 Å². The number of nitrogens with two attached hydrogens (primary N) is 1. The Kier molecular flexibility index (Phi) is 4.69. The van der Waals surface area contributed by atoms with Crippen molar-refractivity contribution in [3.8, 4) is 11.5 Å². The van der Waals surface area contributed by atoms with Gasteiger partial charge in [-0.3, -0.25) is 4.90 Å². The maximum atomic E-state index is 6.06. The summed E-state index contributed by atoms with van der Waals surface area (Å²) in [6.07, 6.45) is 0. The minimum Gasteiger partial charge on any atom is -0.454 e. The van der Waals surface area contributed by atoms with Crippen molar-refractivity contribution >= 4 is 15.9 Å². The van der Waals surface area contributed by atoms with Gasteiger partial charge in [0.15, 0.2) is 11.5 Å². The minimum atomic E-state index is 0.231. The highest BCUT2D eigenvalue weighted by molar-refractivity contribution is 9.10. The number of likely N-dealkylation sites (N-methyl/N-ethyl adjacent to an activating group) is 1. The lowest BCUT2D eigenvalue weighted by Crippen LogP contribution is -2.48. The van der Waals surface area contributed by atoms with Crippen molar-refractivity contribution in [3.63, 3.8) is 0 Å². The Labute approximate surface area is 134 Å². The molecule has 21 heavy (non-hydrogen) atoms. The summed E-state index contributed by atoms with van der Waals surface area (Å²) in [5.41, 5.74) is 7.25. The average molecular weight is 356 g/mol. The van der Waals surface area contributed by atoms with Crippen LogP contribution in [0.5, 0.6) is 11.5 Å². The molecule has 2 N–H and O–H groups in total. The number of rotatable bonds is 4. The van der Waals surface area contributed by atoms with Crippen molar-refractivity contribution in [2.75, 3.05) is 46.1 Å². The van der Waals surface area contributed by atoms with Crippen molar-refractivity contribution in [1.29, 1.82) is 0 Å². The van der Waals surface area contributed by atoms with Gasteiger partial charge in [-0.25, -0.2) is 0 Å². The van der Waals surface area contributed by atoms with E-state index >= 15 is 0 Å². The molecule has 116 valence electrons. The van der Waals surface area contributed by atoms with Crippen molar-refractivity contribution in [1.82, 2.24) is 9.80 Å². The number of piperazine rings is 1. The standard InChI is InChI=1S/C15H22BrN3O2/c1-2-18-3-5-19(6-4-18)13(9-17)11-7-12(16)15-14(8-11)20-10-21-15/h7-8,13H,2-6,9-10,17H2,1H3. The minimum absolute atomic E-state index is 0.231. The summed E-state index contributed by atoms with van der Waals surface area (Å²) >= 11 is 3.57. The van der Waals surface area contributed by atoms with Gasteiger partial charge in [0, 0.05) is 38.8 Å². The number of halogens is 1. The third-order valence-electron chi connectivity index (χ3n) is 4.35. The van der Waals surface area contributed by atoms with E-state index in [1.165, 1.54) is 5.56 Å². The zero-order chi connectivity index (χ0) is 14.8. The molecule has 0 aromatic heterocycles. The van der Waals surface area contributed by atoms with Gasteiger partial charge in [0.25, 0.3) is 0 Å². The number of ether oxygens (including phenoxy) is 2. The molecule has 0 radical (unpaired) electrons. The topological polar surface area (TPSA) is 51.0 Å². The number of hydrogen-bond donors (Lipinski definition) is 1. The van der Waals surface area contributed by atoms with Crippen molar-refractivity contribution < 1.29 is 9.47 Å². The molecule has 3 rings (SSSR count). The van der Waals surface area contributed by atoms with Crippen LogP contribution in [0.3, 0.4) is 0 Å². The van der Waals surface area contributed by atoms with Crippen molar-refractivity contribution in [3.05, 3.63) is 22.2 Å². The van der Waals surface area contributed by atoms with Crippen LogP contribution in [0.4, 0.5) is 0 Å². The van der Waals surface area contributed by atoms with Crippen molar-refractivity contribution in [2.24, 2.45) is 5.73 Å². The molecule has 1 unspecified atom stereocenters. The summed E-state index contributed by atoms with van der Waals surface area (Å²) in [4.78, 5) is 4.94. The Bertz CT molecular complexity index is 504. The lowest BCUT2D eigenvalue weighted by Gasteiger charge is -2.38. The fourth-order valence-electron chi connectivity index (χ4n) is 3.07. The number of fused-ring (bicyclic) bond motifs is 1. The van der Waals surface area contributed by atoms with Gasteiger partial charge in [0.1, 0.15) is 0 Å². The van der Waals surface area contributed by atoms with Gasteiger partial charge in [-0.1, -0.05) is 6.92 Å². The zero-order valence-corrected chi connectivity index (χ0v) is 13.9. The third-order valence-corrected chi connectivity index (χ3v) is 4.94. The molecular weight excluding hydrogens is 334 g/mol. The van der Waals surface area contributed by atoms with Crippen LogP contribution in [0.2, 0.25) is 0 Å². The van der Waals surface area contributed by atoms with Gasteiger partial charge in [-0.05, 0) is 40.2 Å². The SMILES string of the molecule is CCN1CCN(C(CN)c2cc(Br)c3c(c2)OCO3)CC1. The molecule has 0 spiro atoms. The highest BCUT2D eigenvalue weighted by Crippen LogP contribution is 2.41. The van der Waals surface area contributed by atoms with E-state index in [1.54, 1.807) is 0 Å². The highest BCUT2D eigenvalue weighted by atomic mass is 79.9. The van der Waals surface area contributed by atoms with Gasteiger partial charge < -0.3 is 20.1 Å². The molecule has 5 nitrogen and oxygen atoms in total. The van der Waals surface area contributed by atoms with Crippen LogP contribution in [0, 0.1) is 0 Å². The van der Waals surface area contributed by atoms with E-state index in [9.17, 15) is 0 Å². The van der Waals surface area contributed by atoms with E-state index in [2.05, 4.69) is 44.8 Å². The molecular formula is C15H22BrN3O2. The molecule has 1 fully saturated rings. The quantitative estimate of drug-likeness (QED) is 0.892. The van der Waals surface area contributed by atoms with E-state index in [0.717, 1.165) is 48.7 Å². The largest absolute Gasteiger partial charge is 0.454 e. The first-order valence-corrected chi connectivity index (χ1v) is 8.27. The number of nitrogens with zero attached hydrogens (tertiary/aromatic N) is 2. The molecule has 2 aliphatic rings. The Hall–Kier alpha value is -0.820. The van der Waals surface area contributed by atoms with E-state index < -0.39 is 0 Å². The first kappa shape index (κ1) is 15.1. The average Bonchev–Trinajstić information content (AvgIpc) is 2.98. The maximum Gasteiger partial charge on any atom is 0.231 e. The normalized spacial score (nSPS) is 20.7. The zero-order valence-electron chi connectivity index (χ0n) is 12.3. The second-order valence-electron chi connectivity index (χ2n) is 5.46. The Morgan fingerprint density at radius 3 is 2.67 bits per heavy atom. The van der Waals surface area contributed by atoms with Gasteiger partial charge in [-0.2, -0.15) is 0 Å². The fourth-order valence-corrected chi connectivity index (χ4v) is 3.64. The van der Waals surface area contributed by atoms with Crippen LogP contribution >= 0.6 is 15.9 Å². The number of hydrogen-bond acceptors (Lipinski definition) is 5. The highest BCUT2D eigenvalue weighted by Gasteiger charge is 2.26. The molecule has 0 saturated carbocycles. The molecule has 0 bridgehead atoms. The Morgan fingerprint density at radius 2 is 2.00 bits per heavy atom. The molecule has 0 aliphatic carbocycles. The summed E-state index contributed by atoms with van der Waals surface area (Å²) < 4.78 is 11.9. The molecule has 1 aromatic rings. The molecule has 1 atom stereocenters. The third kappa shape index (κ3) is 3.04. The smallest absolute Gasteiger partial charge is 0.231 e. The number of benzene rings is 1. The van der Waals surface area contributed by atoms with Gasteiger partial charge in [0.05, 0.1) is 4.47 Å². The predicted octanol–water partition coefficient (Wildman–Crippen LogP) is 1.82. The fraction of sp³-hybridized carbons (Fsp3) is 0.600. The summed E-state index contributed by atoms with van der Waals surface area (Å²) in [6.45, 7) is 8.57. The monoisotopic (exact) mass is 355 g/mol. The molecule has 1 aromatic carbocycles. The van der Waals surface area contributed by atoms with Crippen molar-refractivity contribution in [2.45, 2.75) is 13.0 Å². The maximum absolute atomic E-state index is 6.06. The van der Waals surface area contributed by atoms with E-state index in [1.807, 2.05) is 0 Å². The second-order valence-corrected chi connectivity index (χ2v) is 6.31. The molecule has 6 heteroatoms. The van der Waals surface area contributed by atoms with E-state index in [4.69, 9.17) is 15.2 Å². The van der Waals surface area contributed by atoms with Crippen LogP contribution in [0.15, 0.2) is 16.6 Å². The lowest BCUT2D eigenvalue weighted by atomic mass is 10.0. The van der Waals surface area contributed by atoms with Crippen LogP contribution in [-0.2, 0) is 0 Å². The molecule has 1 saturated heterocycles. The van der Waals surface area contributed by atoms with Gasteiger partial charge in [-0.15, -0.1) is 0 Å². The molecule has 2 aliphatic heterocycles. The van der Waals surface area contributed by atoms with Crippen LogP contribution in [-0.4, -0.2) is 55.9 Å². The Morgan fingerprint density at radius 1 is 1.24 bits per heavy atom. The van der Waals surface area contributed by atoms with Gasteiger partial charge >= 0.3 is 0 Å². The lowest BCUT2D eigenvalue weighted by molar-refractivity contribution is 0.102. The van der Waals surface area contributed by atoms with Gasteiger partial charge in [0.2, 0.25) is 6.79 Å². The second kappa shape index (κ2) is 6.52. The van der Waals surface area contributed by atoms with E-state index in [-0.39, 0.29) is 6.04 Å². The summed E-state index contributed by atoms with van der Waals surface area (Å²) in [5, 5.41) is 0.